The fourth-order valence-corrected chi connectivity index (χ4v) is 1.18. The van der Waals surface area contributed by atoms with Crippen LogP contribution in [0.3, 0.4) is 0 Å². The van der Waals surface area contributed by atoms with Crippen LogP contribution in [0.25, 0.3) is 6.08 Å². The second kappa shape index (κ2) is 5.32. The van der Waals surface area contributed by atoms with Gasteiger partial charge in [-0.25, -0.2) is 9.98 Å². The highest BCUT2D eigenvalue weighted by atomic mass is 14.9. The normalized spacial score (nSPS) is 12.5. The molecule has 14 heavy (non-hydrogen) atoms. The van der Waals surface area contributed by atoms with E-state index in [2.05, 4.69) is 28.2 Å². The highest BCUT2D eigenvalue weighted by Crippen LogP contribution is 2.19. The molecule has 0 aromatic carbocycles. The zero-order valence-electron chi connectivity index (χ0n) is 8.99. The van der Waals surface area contributed by atoms with E-state index >= 15 is 0 Å². The molecule has 2 nitrogen and oxygen atoms in total. The number of nitrogens with zero attached hydrogens (tertiary/aromatic N) is 2. The van der Waals surface area contributed by atoms with Crippen LogP contribution in [-0.4, -0.2) is 11.2 Å². The lowest BCUT2D eigenvalue weighted by atomic mass is 10.2. The molecule has 0 aliphatic carbocycles. The first-order valence-corrected chi connectivity index (χ1v) is 5.03. The number of aromatic nitrogens is 1. The molecule has 1 aromatic heterocycles. The highest BCUT2D eigenvalue weighted by Gasteiger charge is 2.00. The van der Waals surface area contributed by atoms with E-state index in [-0.39, 0.29) is 0 Å². The van der Waals surface area contributed by atoms with Crippen LogP contribution >= 0.6 is 0 Å². The van der Waals surface area contributed by atoms with Crippen LogP contribution in [-0.2, 0) is 0 Å². The summed E-state index contributed by atoms with van der Waals surface area (Å²) in [5.41, 5.74) is 2.12. The molecule has 0 N–H and O–H groups in total. The second-order valence-corrected chi connectivity index (χ2v) is 2.82. The van der Waals surface area contributed by atoms with Crippen LogP contribution in [0.4, 0.5) is 5.82 Å². The Morgan fingerprint density at radius 2 is 2.00 bits per heavy atom. The predicted molar refractivity (Wildman–Crippen MR) is 62.1 cm³/mol. The van der Waals surface area contributed by atoms with Crippen molar-refractivity contribution in [2.24, 2.45) is 4.99 Å². The third-order valence-corrected chi connectivity index (χ3v) is 1.80. The van der Waals surface area contributed by atoms with Crippen molar-refractivity contribution in [2.45, 2.75) is 27.2 Å². The Morgan fingerprint density at radius 1 is 1.21 bits per heavy atom. The molecule has 0 unspecified atom stereocenters. The first-order chi connectivity index (χ1) is 6.86. The first-order valence-electron chi connectivity index (χ1n) is 5.03. The third-order valence-electron chi connectivity index (χ3n) is 1.80. The van der Waals surface area contributed by atoms with Crippen molar-refractivity contribution in [1.82, 2.24) is 4.98 Å². The highest BCUT2D eigenvalue weighted by molar-refractivity contribution is 5.73. The zero-order valence-corrected chi connectivity index (χ0v) is 8.99. The van der Waals surface area contributed by atoms with Crippen LogP contribution in [0.5, 0.6) is 0 Å². The van der Waals surface area contributed by atoms with Gasteiger partial charge in [0, 0.05) is 23.9 Å². The minimum atomic E-state index is 0.837. The first kappa shape index (κ1) is 10.6. The summed E-state index contributed by atoms with van der Waals surface area (Å²) < 4.78 is 0. The van der Waals surface area contributed by atoms with E-state index in [4.69, 9.17) is 0 Å². The maximum absolute atomic E-state index is 4.32. The van der Waals surface area contributed by atoms with E-state index in [1.165, 1.54) is 0 Å². The summed E-state index contributed by atoms with van der Waals surface area (Å²) in [7, 11) is 0. The predicted octanol–water partition coefficient (Wildman–Crippen LogP) is 3.54. The van der Waals surface area contributed by atoms with Gasteiger partial charge in [-0.3, -0.25) is 0 Å². The van der Waals surface area contributed by atoms with Crippen LogP contribution in [0.15, 0.2) is 23.2 Å². The van der Waals surface area contributed by atoms with Gasteiger partial charge in [-0.2, -0.15) is 0 Å². The van der Waals surface area contributed by atoms with Gasteiger partial charge in [-0.1, -0.05) is 26.0 Å². The van der Waals surface area contributed by atoms with Crippen molar-refractivity contribution in [3.8, 4) is 0 Å². The molecule has 2 heteroatoms. The summed E-state index contributed by atoms with van der Waals surface area (Å²) >= 11 is 0. The number of fused-ring (bicyclic) bond motifs is 1. The van der Waals surface area contributed by atoms with Crippen molar-refractivity contribution >= 4 is 18.1 Å². The molecular formula is C12H16N2. The molecule has 0 radical (unpaired) electrons. The molecule has 0 fully saturated rings. The summed E-state index contributed by atoms with van der Waals surface area (Å²) in [6, 6.07) is 4.06. The molecule has 2 rings (SSSR count). The molecule has 2 heterocycles. The minimum Gasteiger partial charge on any atom is -0.241 e. The fourth-order valence-electron chi connectivity index (χ4n) is 1.18. The molecule has 1 aliphatic rings. The quantitative estimate of drug-likeness (QED) is 0.611. The van der Waals surface area contributed by atoms with Crippen LogP contribution in [0, 0.1) is 6.92 Å². The number of hydrogen-bond donors (Lipinski definition) is 0. The Hall–Kier alpha value is -1.44. The van der Waals surface area contributed by atoms with Crippen molar-refractivity contribution in [2.75, 3.05) is 0 Å². The average molecular weight is 188 g/mol. The number of aryl methyl sites for hydroxylation is 1. The SMILES string of the molecule is CC.Cc1ccc2c(n1)N=CCC=C2. The van der Waals surface area contributed by atoms with E-state index in [0.717, 1.165) is 23.5 Å². The van der Waals surface area contributed by atoms with Gasteiger partial charge in [0.15, 0.2) is 5.82 Å². The van der Waals surface area contributed by atoms with Crippen LogP contribution in [0.1, 0.15) is 31.5 Å². The van der Waals surface area contributed by atoms with Gasteiger partial charge in [0.25, 0.3) is 0 Å². The van der Waals surface area contributed by atoms with E-state index < -0.39 is 0 Å². The summed E-state index contributed by atoms with van der Waals surface area (Å²) in [4.78, 5) is 8.57. The van der Waals surface area contributed by atoms with Crippen molar-refractivity contribution in [3.63, 3.8) is 0 Å². The lowest BCUT2D eigenvalue weighted by Gasteiger charge is -1.98. The summed E-state index contributed by atoms with van der Waals surface area (Å²) in [5, 5.41) is 0. The third kappa shape index (κ3) is 2.52. The van der Waals surface area contributed by atoms with E-state index in [0.29, 0.717) is 0 Å². The fraction of sp³-hybridized carbons (Fsp3) is 0.333. The van der Waals surface area contributed by atoms with Gasteiger partial charge in [0.05, 0.1) is 0 Å². The van der Waals surface area contributed by atoms with Gasteiger partial charge in [-0.15, -0.1) is 0 Å². The number of pyridine rings is 1. The molecule has 0 saturated carbocycles. The topological polar surface area (TPSA) is 25.2 Å². The van der Waals surface area contributed by atoms with Gasteiger partial charge in [-0.05, 0) is 19.1 Å². The lowest BCUT2D eigenvalue weighted by Crippen LogP contribution is -1.83. The standard InChI is InChI=1S/C10H10N2.C2H6/c1-8-5-6-9-4-2-3-7-11-10(9)12-8;1-2/h2,4-7H,3H2,1H3;1-2H3. The summed E-state index contributed by atoms with van der Waals surface area (Å²) in [6.45, 7) is 5.98. The van der Waals surface area contributed by atoms with Crippen molar-refractivity contribution < 1.29 is 0 Å². The Morgan fingerprint density at radius 3 is 2.79 bits per heavy atom. The molecule has 1 aliphatic heterocycles. The number of hydrogen-bond acceptors (Lipinski definition) is 2. The van der Waals surface area contributed by atoms with Gasteiger partial charge < -0.3 is 0 Å². The van der Waals surface area contributed by atoms with Crippen molar-refractivity contribution in [3.05, 3.63) is 29.5 Å². The minimum absolute atomic E-state index is 0.837. The molecule has 74 valence electrons. The van der Waals surface area contributed by atoms with Crippen molar-refractivity contribution in [1.29, 1.82) is 0 Å². The molecule has 0 bridgehead atoms. The largest absolute Gasteiger partial charge is 0.241 e. The Labute approximate surface area is 85.4 Å². The maximum atomic E-state index is 4.32. The summed E-state index contributed by atoms with van der Waals surface area (Å²) in [5.74, 6) is 0.837. The molecule has 0 saturated heterocycles. The second-order valence-electron chi connectivity index (χ2n) is 2.82. The number of aliphatic imine (C=N–C) groups is 1. The number of allylic oxidation sites excluding steroid dienone is 1. The average Bonchev–Trinajstić information content (AvgIpc) is 2.45. The van der Waals surface area contributed by atoms with E-state index in [1.807, 2.05) is 33.1 Å². The zero-order chi connectivity index (χ0) is 10.4. The number of rotatable bonds is 0. The molecule has 0 atom stereocenters. The smallest absolute Gasteiger partial charge is 0.159 e. The molecule has 0 amide bonds. The van der Waals surface area contributed by atoms with E-state index in [1.54, 1.807) is 0 Å². The molecular weight excluding hydrogens is 172 g/mol. The Bertz CT molecular complexity index is 351. The van der Waals surface area contributed by atoms with Gasteiger partial charge in [0.2, 0.25) is 0 Å². The maximum Gasteiger partial charge on any atom is 0.159 e. The Kier molecular flexibility index (Phi) is 4.05. The van der Waals surface area contributed by atoms with Gasteiger partial charge >= 0.3 is 0 Å². The molecule has 0 spiro atoms. The lowest BCUT2D eigenvalue weighted by molar-refractivity contribution is 1.17. The van der Waals surface area contributed by atoms with Crippen LogP contribution < -0.4 is 0 Å². The van der Waals surface area contributed by atoms with E-state index in [9.17, 15) is 0 Å². The van der Waals surface area contributed by atoms with Crippen LogP contribution in [0.2, 0.25) is 0 Å². The van der Waals surface area contributed by atoms with Gasteiger partial charge in [0.1, 0.15) is 0 Å². The summed E-state index contributed by atoms with van der Waals surface area (Å²) in [6.07, 6.45) is 6.94. The molecule has 1 aromatic rings. The monoisotopic (exact) mass is 188 g/mol. The Balaban J connectivity index is 0.000000461.